The Bertz CT molecular complexity index is 841. The van der Waals surface area contributed by atoms with E-state index in [9.17, 15) is 9.18 Å². The predicted molar refractivity (Wildman–Crippen MR) is 102 cm³/mol. The van der Waals surface area contributed by atoms with Crippen LogP contribution < -0.4 is 4.90 Å². The standard InChI is InChI=1S/C21H25FN4O/c1-2-18-19(22)20(24-14-23-18)25-10-5-8-17(13-25)21(27)26-11-9-15-6-3-4-7-16(15)12-26/h3-4,6-7,14,17H,2,5,8-13H2,1H3. The minimum Gasteiger partial charge on any atom is -0.353 e. The number of hydrogen-bond acceptors (Lipinski definition) is 4. The summed E-state index contributed by atoms with van der Waals surface area (Å²) in [4.78, 5) is 25.2. The zero-order valence-electron chi connectivity index (χ0n) is 15.7. The molecule has 0 spiro atoms. The van der Waals surface area contributed by atoms with E-state index < -0.39 is 0 Å². The Kier molecular flexibility index (Phi) is 5.05. The number of piperidine rings is 1. The molecule has 0 aliphatic carbocycles. The van der Waals surface area contributed by atoms with Crippen LogP contribution in [-0.4, -0.2) is 40.4 Å². The van der Waals surface area contributed by atoms with Crippen molar-refractivity contribution in [2.24, 2.45) is 5.92 Å². The Hall–Kier alpha value is -2.50. The van der Waals surface area contributed by atoms with Gasteiger partial charge in [0.2, 0.25) is 5.91 Å². The van der Waals surface area contributed by atoms with Crippen molar-refractivity contribution < 1.29 is 9.18 Å². The summed E-state index contributed by atoms with van der Waals surface area (Å²) in [5, 5.41) is 0. The third kappa shape index (κ3) is 3.53. The second-order valence-corrected chi connectivity index (χ2v) is 7.38. The number of benzene rings is 1. The lowest BCUT2D eigenvalue weighted by molar-refractivity contribution is -0.136. The average molecular weight is 368 g/mol. The highest BCUT2D eigenvalue weighted by molar-refractivity contribution is 5.80. The van der Waals surface area contributed by atoms with Gasteiger partial charge in [0.05, 0.1) is 11.6 Å². The molecule has 1 saturated heterocycles. The average Bonchev–Trinajstić information content (AvgIpc) is 2.73. The Morgan fingerprint density at radius 2 is 2.04 bits per heavy atom. The molecule has 4 rings (SSSR count). The van der Waals surface area contributed by atoms with Crippen LogP contribution in [0.4, 0.5) is 10.2 Å². The molecule has 1 aromatic heterocycles. The lowest BCUT2D eigenvalue weighted by Gasteiger charge is -2.37. The molecule has 3 heterocycles. The van der Waals surface area contributed by atoms with Crippen LogP contribution >= 0.6 is 0 Å². The van der Waals surface area contributed by atoms with Crippen molar-refractivity contribution in [3.05, 3.63) is 53.2 Å². The van der Waals surface area contributed by atoms with Crippen LogP contribution in [0.5, 0.6) is 0 Å². The number of carbonyl (C=O) groups excluding carboxylic acids is 1. The number of aryl methyl sites for hydroxylation is 1. The summed E-state index contributed by atoms with van der Waals surface area (Å²) in [6.07, 6.45) is 4.57. The van der Waals surface area contributed by atoms with Crippen molar-refractivity contribution in [1.82, 2.24) is 14.9 Å². The Morgan fingerprint density at radius 3 is 2.85 bits per heavy atom. The first-order valence-electron chi connectivity index (χ1n) is 9.77. The van der Waals surface area contributed by atoms with Gasteiger partial charge in [-0.2, -0.15) is 0 Å². The van der Waals surface area contributed by atoms with Crippen molar-refractivity contribution in [3.8, 4) is 0 Å². The number of amides is 1. The van der Waals surface area contributed by atoms with E-state index in [-0.39, 0.29) is 17.6 Å². The topological polar surface area (TPSA) is 49.3 Å². The van der Waals surface area contributed by atoms with E-state index in [1.165, 1.54) is 17.5 Å². The summed E-state index contributed by atoms with van der Waals surface area (Å²) in [5.74, 6) is 0.0613. The third-order valence-electron chi connectivity index (χ3n) is 5.69. The summed E-state index contributed by atoms with van der Waals surface area (Å²) in [5.41, 5.74) is 3.00. The summed E-state index contributed by atoms with van der Waals surface area (Å²) < 4.78 is 14.6. The maximum atomic E-state index is 14.6. The summed E-state index contributed by atoms with van der Waals surface area (Å²) in [6, 6.07) is 8.32. The second kappa shape index (κ2) is 7.62. The number of rotatable bonds is 3. The molecule has 27 heavy (non-hydrogen) atoms. The van der Waals surface area contributed by atoms with Crippen LogP contribution in [0.3, 0.4) is 0 Å². The molecule has 2 aliphatic rings. The van der Waals surface area contributed by atoms with E-state index in [1.54, 1.807) is 0 Å². The first-order valence-corrected chi connectivity index (χ1v) is 9.77. The molecule has 1 aromatic carbocycles. The minimum absolute atomic E-state index is 0.108. The maximum Gasteiger partial charge on any atom is 0.227 e. The van der Waals surface area contributed by atoms with Gasteiger partial charge in [-0.3, -0.25) is 4.79 Å². The fourth-order valence-corrected chi connectivity index (χ4v) is 4.18. The van der Waals surface area contributed by atoms with Crippen molar-refractivity contribution in [2.45, 2.75) is 39.2 Å². The smallest absolute Gasteiger partial charge is 0.227 e. The molecule has 1 amide bonds. The number of aromatic nitrogens is 2. The number of hydrogen-bond donors (Lipinski definition) is 0. The van der Waals surface area contributed by atoms with E-state index >= 15 is 0 Å². The van der Waals surface area contributed by atoms with Gasteiger partial charge >= 0.3 is 0 Å². The molecule has 1 fully saturated rings. The second-order valence-electron chi connectivity index (χ2n) is 7.38. The summed E-state index contributed by atoms with van der Waals surface area (Å²) >= 11 is 0. The fourth-order valence-electron chi connectivity index (χ4n) is 4.18. The molecule has 2 aliphatic heterocycles. The third-order valence-corrected chi connectivity index (χ3v) is 5.69. The van der Waals surface area contributed by atoms with Gasteiger partial charge in [-0.05, 0) is 36.8 Å². The molecular weight excluding hydrogens is 343 g/mol. The molecule has 5 nitrogen and oxygen atoms in total. The van der Waals surface area contributed by atoms with Gasteiger partial charge in [0.1, 0.15) is 6.33 Å². The minimum atomic E-state index is -0.347. The first kappa shape index (κ1) is 17.9. The fraction of sp³-hybridized carbons (Fsp3) is 0.476. The van der Waals surface area contributed by atoms with Crippen molar-refractivity contribution in [2.75, 3.05) is 24.5 Å². The lowest BCUT2D eigenvalue weighted by Crippen LogP contribution is -2.46. The van der Waals surface area contributed by atoms with Gasteiger partial charge in [0.15, 0.2) is 11.6 Å². The van der Waals surface area contributed by atoms with Crippen molar-refractivity contribution >= 4 is 11.7 Å². The zero-order valence-corrected chi connectivity index (χ0v) is 15.7. The lowest BCUT2D eigenvalue weighted by atomic mass is 9.94. The molecule has 142 valence electrons. The van der Waals surface area contributed by atoms with Crippen molar-refractivity contribution in [3.63, 3.8) is 0 Å². The van der Waals surface area contributed by atoms with Crippen LogP contribution in [0, 0.1) is 11.7 Å². The molecule has 1 unspecified atom stereocenters. The molecule has 0 radical (unpaired) electrons. The largest absolute Gasteiger partial charge is 0.353 e. The van der Waals surface area contributed by atoms with Gasteiger partial charge in [-0.25, -0.2) is 14.4 Å². The van der Waals surface area contributed by atoms with Gasteiger partial charge < -0.3 is 9.80 Å². The number of nitrogens with zero attached hydrogens (tertiary/aromatic N) is 4. The van der Waals surface area contributed by atoms with Crippen LogP contribution in [-0.2, 0) is 24.2 Å². The monoisotopic (exact) mass is 368 g/mol. The Balaban J connectivity index is 1.48. The normalized spacial score (nSPS) is 19.7. The molecule has 0 saturated carbocycles. The van der Waals surface area contributed by atoms with E-state index in [0.29, 0.717) is 31.0 Å². The van der Waals surface area contributed by atoms with Crippen molar-refractivity contribution in [1.29, 1.82) is 0 Å². The number of carbonyl (C=O) groups is 1. The quantitative estimate of drug-likeness (QED) is 0.836. The van der Waals surface area contributed by atoms with E-state index in [0.717, 1.165) is 32.4 Å². The number of fused-ring (bicyclic) bond motifs is 1. The highest BCUT2D eigenvalue weighted by atomic mass is 19.1. The molecule has 6 heteroatoms. The summed E-state index contributed by atoms with van der Waals surface area (Å²) in [7, 11) is 0. The molecule has 0 bridgehead atoms. The van der Waals surface area contributed by atoms with Crippen LogP contribution in [0.2, 0.25) is 0 Å². The number of halogens is 1. The molecule has 2 aromatic rings. The zero-order chi connectivity index (χ0) is 18.8. The van der Waals surface area contributed by atoms with Gasteiger partial charge in [0.25, 0.3) is 0 Å². The predicted octanol–water partition coefficient (Wildman–Crippen LogP) is 2.98. The van der Waals surface area contributed by atoms with Crippen LogP contribution in [0.15, 0.2) is 30.6 Å². The molecular formula is C21H25FN4O. The highest BCUT2D eigenvalue weighted by Crippen LogP contribution is 2.27. The van der Waals surface area contributed by atoms with E-state index in [4.69, 9.17) is 0 Å². The van der Waals surface area contributed by atoms with Gasteiger partial charge in [-0.15, -0.1) is 0 Å². The SMILES string of the molecule is CCc1ncnc(N2CCCC(C(=O)N3CCc4ccccc4C3)C2)c1F. The van der Waals surface area contributed by atoms with E-state index in [2.05, 4.69) is 28.2 Å². The Labute approximate surface area is 159 Å². The molecule has 0 N–H and O–H groups in total. The summed E-state index contributed by atoms with van der Waals surface area (Å²) in [6.45, 7) is 4.56. The molecule has 1 atom stereocenters. The first-order chi connectivity index (χ1) is 13.2. The van der Waals surface area contributed by atoms with Crippen LogP contribution in [0.1, 0.15) is 36.6 Å². The maximum absolute atomic E-state index is 14.6. The van der Waals surface area contributed by atoms with Gasteiger partial charge in [-0.1, -0.05) is 31.2 Å². The Morgan fingerprint density at radius 1 is 1.22 bits per heavy atom. The van der Waals surface area contributed by atoms with E-state index in [1.807, 2.05) is 22.8 Å². The number of anilines is 1. The highest BCUT2D eigenvalue weighted by Gasteiger charge is 2.32. The van der Waals surface area contributed by atoms with Crippen LogP contribution in [0.25, 0.3) is 0 Å². The van der Waals surface area contributed by atoms with Gasteiger partial charge in [0, 0.05) is 26.2 Å².